The fourth-order valence-electron chi connectivity index (χ4n) is 1.87. The minimum absolute atomic E-state index is 0. The van der Waals surface area contributed by atoms with Crippen molar-refractivity contribution in [2.45, 2.75) is 12.8 Å². The fraction of sp³-hybridized carbons (Fsp3) is 0.133. The van der Waals surface area contributed by atoms with Crippen molar-refractivity contribution < 1.29 is 9.90 Å². The van der Waals surface area contributed by atoms with E-state index in [9.17, 15) is 4.79 Å². The van der Waals surface area contributed by atoms with Gasteiger partial charge in [-0.15, -0.1) is 12.4 Å². The standard InChI is InChI=1S/C15H14O2.ClH/c16-15(17)14-9-5-4-8-13(14)11-10-12-6-2-1-3-7-12;/h1-9H,10-11H2,(H,16,17);1H. The van der Waals surface area contributed by atoms with Crippen LogP contribution in [0.2, 0.25) is 0 Å². The Kier molecular flexibility index (Phi) is 5.40. The maximum atomic E-state index is 11.0. The fourth-order valence-corrected chi connectivity index (χ4v) is 1.87. The molecule has 0 unspecified atom stereocenters. The van der Waals surface area contributed by atoms with E-state index in [4.69, 9.17) is 5.11 Å². The lowest BCUT2D eigenvalue weighted by atomic mass is 10.00. The van der Waals surface area contributed by atoms with Crippen molar-refractivity contribution in [1.82, 2.24) is 0 Å². The van der Waals surface area contributed by atoms with E-state index in [1.54, 1.807) is 12.1 Å². The molecular formula is C15H15ClO2. The summed E-state index contributed by atoms with van der Waals surface area (Å²) in [6, 6.07) is 17.3. The van der Waals surface area contributed by atoms with E-state index < -0.39 is 5.97 Å². The van der Waals surface area contributed by atoms with Crippen molar-refractivity contribution in [1.29, 1.82) is 0 Å². The van der Waals surface area contributed by atoms with E-state index >= 15 is 0 Å². The highest BCUT2D eigenvalue weighted by Gasteiger charge is 2.08. The normalized spacial score (nSPS) is 9.56. The molecule has 0 atom stereocenters. The number of benzene rings is 2. The van der Waals surface area contributed by atoms with Gasteiger partial charge in [-0.1, -0.05) is 48.5 Å². The average Bonchev–Trinajstić information content (AvgIpc) is 2.38. The molecule has 1 N–H and O–H groups in total. The van der Waals surface area contributed by atoms with E-state index in [1.165, 1.54) is 5.56 Å². The Hall–Kier alpha value is -1.80. The van der Waals surface area contributed by atoms with E-state index in [-0.39, 0.29) is 12.4 Å². The van der Waals surface area contributed by atoms with Gasteiger partial charge in [0.05, 0.1) is 5.56 Å². The molecule has 0 saturated heterocycles. The molecule has 94 valence electrons. The summed E-state index contributed by atoms with van der Waals surface area (Å²) in [5, 5.41) is 9.06. The van der Waals surface area contributed by atoms with Crippen LogP contribution in [-0.4, -0.2) is 11.1 Å². The second-order valence-electron chi connectivity index (χ2n) is 3.95. The van der Waals surface area contributed by atoms with Gasteiger partial charge in [-0.3, -0.25) is 0 Å². The molecule has 0 fully saturated rings. The second kappa shape index (κ2) is 6.82. The first kappa shape index (κ1) is 14.3. The maximum Gasteiger partial charge on any atom is 0.335 e. The van der Waals surface area contributed by atoms with Crippen LogP contribution in [0.1, 0.15) is 21.5 Å². The van der Waals surface area contributed by atoms with E-state index in [0.717, 1.165) is 18.4 Å². The SMILES string of the molecule is Cl.O=C(O)c1ccccc1CCc1ccccc1. The van der Waals surface area contributed by atoms with Crippen molar-refractivity contribution in [3.8, 4) is 0 Å². The highest BCUT2D eigenvalue weighted by molar-refractivity contribution is 5.89. The summed E-state index contributed by atoms with van der Waals surface area (Å²) in [5.74, 6) is -0.853. The Balaban J connectivity index is 0.00000162. The summed E-state index contributed by atoms with van der Waals surface area (Å²) in [6.07, 6.45) is 1.62. The van der Waals surface area contributed by atoms with Crippen molar-refractivity contribution in [3.05, 3.63) is 71.3 Å². The molecule has 0 aliphatic heterocycles. The highest BCUT2D eigenvalue weighted by atomic mass is 35.5. The Labute approximate surface area is 113 Å². The number of carbonyl (C=O) groups is 1. The van der Waals surface area contributed by atoms with Crippen LogP contribution in [0.3, 0.4) is 0 Å². The summed E-state index contributed by atoms with van der Waals surface area (Å²) in [4.78, 5) is 11.0. The third kappa shape index (κ3) is 3.60. The second-order valence-corrected chi connectivity index (χ2v) is 3.95. The third-order valence-corrected chi connectivity index (χ3v) is 2.77. The van der Waals surface area contributed by atoms with Gasteiger partial charge in [0.25, 0.3) is 0 Å². The van der Waals surface area contributed by atoms with Gasteiger partial charge < -0.3 is 5.11 Å². The molecule has 0 aromatic heterocycles. The molecule has 0 amide bonds. The molecule has 3 heteroatoms. The Morgan fingerprint density at radius 1 is 0.889 bits per heavy atom. The summed E-state index contributed by atoms with van der Waals surface area (Å²) in [7, 11) is 0. The van der Waals surface area contributed by atoms with Crippen LogP contribution in [0.15, 0.2) is 54.6 Å². The van der Waals surface area contributed by atoms with Gasteiger partial charge in [0.1, 0.15) is 0 Å². The van der Waals surface area contributed by atoms with Crippen molar-refractivity contribution in [2.24, 2.45) is 0 Å². The third-order valence-electron chi connectivity index (χ3n) is 2.77. The van der Waals surface area contributed by atoms with Crippen LogP contribution in [0, 0.1) is 0 Å². The summed E-state index contributed by atoms with van der Waals surface area (Å²) in [5.41, 5.74) is 2.53. The Morgan fingerprint density at radius 2 is 1.50 bits per heavy atom. The molecule has 0 aliphatic carbocycles. The number of aryl methyl sites for hydroxylation is 2. The number of hydrogen-bond donors (Lipinski definition) is 1. The molecular weight excluding hydrogens is 248 g/mol. The molecule has 0 radical (unpaired) electrons. The molecule has 18 heavy (non-hydrogen) atoms. The van der Waals surface area contributed by atoms with Gasteiger partial charge >= 0.3 is 5.97 Å². The summed E-state index contributed by atoms with van der Waals surface area (Å²) >= 11 is 0. The highest BCUT2D eigenvalue weighted by Crippen LogP contribution is 2.12. The monoisotopic (exact) mass is 262 g/mol. The Bertz CT molecular complexity index is 509. The lowest BCUT2D eigenvalue weighted by Gasteiger charge is -2.05. The van der Waals surface area contributed by atoms with Gasteiger partial charge in [0.15, 0.2) is 0 Å². The number of halogens is 1. The lowest BCUT2D eigenvalue weighted by molar-refractivity contribution is 0.0695. The van der Waals surface area contributed by atoms with E-state index in [2.05, 4.69) is 12.1 Å². The van der Waals surface area contributed by atoms with Gasteiger partial charge in [0, 0.05) is 0 Å². The zero-order valence-corrected chi connectivity index (χ0v) is 10.7. The van der Waals surface area contributed by atoms with Gasteiger partial charge in [-0.25, -0.2) is 4.79 Å². The lowest BCUT2D eigenvalue weighted by Crippen LogP contribution is -2.03. The summed E-state index contributed by atoms with van der Waals surface area (Å²) < 4.78 is 0. The number of rotatable bonds is 4. The van der Waals surface area contributed by atoms with Crippen LogP contribution >= 0.6 is 12.4 Å². The average molecular weight is 263 g/mol. The molecule has 2 nitrogen and oxygen atoms in total. The van der Waals surface area contributed by atoms with Gasteiger partial charge in [0.2, 0.25) is 0 Å². The van der Waals surface area contributed by atoms with Crippen LogP contribution < -0.4 is 0 Å². The molecule has 2 aromatic carbocycles. The first-order chi connectivity index (χ1) is 8.27. The topological polar surface area (TPSA) is 37.3 Å². The van der Waals surface area contributed by atoms with Crippen LogP contribution in [0.4, 0.5) is 0 Å². The Morgan fingerprint density at radius 3 is 2.17 bits per heavy atom. The zero-order chi connectivity index (χ0) is 12.1. The molecule has 0 bridgehead atoms. The van der Waals surface area contributed by atoms with Crippen LogP contribution in [0.25, 0.3) is 0 Å². The number of aromatic carboxylic acids is 1. The predicted octanol–water partition coefficient (Wildman–Crippen LogP) is 3.59. The minimum Gasteiger partial charge on any atom is -0.478 e. The van der Waals surface area contributed by atoms with Gasteiger partial charge in [-0.05, 0) is 30.0 Å². The largest absolute Gasteiger partial charge is 0.478 e. The quantitative estimate of drug-likeness (QED) is 0.914. The smallest absolute Gasteiger partial charge is 0.335 e. The molecule has 0 aliphatic rings. The zero-order valence-electron chi connectivity index (χ0n) is 9.87. The van der Waals surface area contributed by atoms with Crippen LogP contribution in [0.5, 0.6) is 0 Å². The number of hydrogen-bond acceptors (Lipinski definition) is 1. The van der Waals surface area contributed by atoms with Gasteiger partial charge in [-0.2, -0.15) is 0 Å². The van der Waals surface area contributed by atoms with Crippen molar-refractivity contribution in [3.63, 3.8) is 0 Å². The first-order valence-electron chi connectivity index (χ1n) is 5.62. The molecule has 0 spiro atoms. The molecule has 2 rings (SSSR count). The van der Waals surface area contributed by atoms with Crippen LogP contribution in [-0.2, 0) is 12.8 Å². The van der Waals surface area contributed by atoms with E-state index in [0.29, 0.717) is 5.56 Å². The van der Waals surface area contributed by atoms with Crippen molar-refractivity contribution >= 4 is 18.4 Å². The van der Waals surface area contributed by atoms with E-state index in [1.807, 2.05) is 30.3 Å². The number of carboxylic acids is 1. The maximum absolute atomic E-state index is 11.0. The molecule has 0 saturated carbocycles. The molecule has 2 aromatic rings. The predicted molar refractivity (Wildman–Crippen MR) is 74.5 cm³/mol. The number of carboxylic acid groups (broad SMARTS) is 1. The minimum atomic E-state index is -0.853. The molecule has 0 heterocycles. The first-order valence-corrected chi connectivity index (χ1v) is 5.62. The van der Waals surface area contributed by atoms with Crippen molar-refractivity contribution in [2.75, 3.05) is 0 Å². The summed E-state index contributed by atoms with van der Waals surface area (Å²) in [6.45, 7) is 0.